The second kappa shape index (κ2) is 5.36. The average Bonchev–Trinajstić information content (AvgIpc) is 2.99. The molecule has 0 saturated heterocycles. The lowest BCUT2D eigenvalue weighted by Crippen LogP contribution is -2.26. The van der Waals surface area contributed by atoms with Crippen LogP contribution in [0.25, 0.3) is 0 Å². The maximum Gasteiger partial charge on any atom is 0.306 e. The minimum atomic E-state index is -0.00342. The molecule has 19 heavy (non-hydrogen) atoms. The van der Waals surface area contributed by atoms with Crippen LogP contribution in [-0.2, 0) is 9.53 Å². The zero-order chi connectivity index (χ0) is 13.2. The molecule has 0 spiro atoms. The first-order valence-corrected chi connectivity index (χ1v) is 7.52. The van der Waals surface area contributed by atoms with E-state index in [1.165, 1.54) is 18.4 Å². The largest absolute Gasteiger partial charge is 0.462 e. The van der Waals surface area contributed by atoms with Crippen LogP contribution in [0.2, 0.25) is 0 Å². The predicted molar refractivity (Wildman–Crippen MR) is 74.8 cm³/mol. The minimum absolute atomic E-state index is 0.00342. The maximum absolute atomic E-state index is 11.6. The molecule has 2 aliphatic rings. The lowest BCUT2D eigenvalue weighted by atomic mass is 9.82. The first-order chi connectivity index (χ1) is 9.28. The Morgan fingerprint density at radius 2 is 1.95 bits per heavy atom. The smallest absolute Gasteiger partial charge is 0.306 e. The van der Waals surface area contributed by atoms with Gasteiger partial charge < -0.3 is 4.74 Å². The molecule has 3 rings (SSSR count). The minimum Gasteiger partial charge on any atom is -0.462 e. The third-order valence-corrected chi connectivity index (χ3v) is 4.76. The van der Waals surface area contributed by atoms with Crippen molar-refractivity contribution in [3.63, 3.8) is 0 Å². The van der Waals surface area contributed by atoms with Gasteiger partial charge in [-0.05, 0) is 49.0 Å². The summed E-state index contributed by atoms with van der Waals surface area (Å²) in [5.41, 5.74) is 1.47. The van der Waals surface area contributed by atoms with Gasteiger partial charge in [0.2, 0.25) is 0 Å². The molecule has 0 heterocycles. The highest BCUT2D eigenvalue weighted by atomic mass is 16.5. The van der Waals surface area contributed by atoms with Crippen molar-refractivity contribution in [2.75, 3.05) is 0 Å². The summed E-state index contributed by atoms with van der Waals surface area (Å²) in [6, 6.07) is 10.8. The Bertz CT molecular complexity index is 440. The summed E-state index contributed by atoms with van der Waals surface area (Å²) in [6.07, 6.45) is 5.15. The van der Waals surface area contributed by atoms with E-state index >= 15 is 0 Å². The van der Waals surface area contributed by atoms with E-state index in [0.717, 1.165) is 12.8 Å². The molecule has 4 atom stereocenters. The Labute approximate surface area is 115 Å². The lowest BCUT2D eigenvalue weighted by Gasteiger charge is -2.28. The summed E-state index contributed by atoms with van der Waals surface area (Å²) >= 11 is 0. The Morgan fingerprint density at radius 3 is 2.58 bits per heavy atom. The second-order valence-corrected chi connectivity index (χ2v) is 6.02. The summed E-state index contributed by atoms with van der Waals surface area (Å²) in [6.45, 7) is 2.02. The van der Waals surface area contributed by atoms with Gasteiger partial charge in [0.25, 0.3) is 0 Å². The second-order valence-electron chi connectivity index (χ2n) is 6.02. The van der Waals surface area contributed by atoms with Crippen LogP contribution in [0, 0.1) is 11.8 Å². The fraction of sp³-hybridized carbons (Fsp3) is 0.588. The molecular formula is C17H22O2. The first-order valence-electron chi connectivity index (χ1n) is 7.52. The van der Waals surface area contributed by atoms with Gasteiger partial charge in [0, 0.05) is 6.42 Å². The van der Waals surface area contributed by atoms with Gasteiger partial charge in [0.15, 0.2) is 0 Å². The molecule has 0 aromatic heterocycles. The van der Waals surface area contributed by atoms with Gasteiger partial charge >= 0.3 is 5.97 Å². The Balaban J connectivity index is 1.60. The Kier molecular flexibility index (Phi) is 3.58. The number of carbonyl (C=O) groups is 1. The summed E-state index contributed by atoms with van der Waals surface area (Å²) in [7, 11) is 0. The molecule has 1 aromatic carbocycles. The van der Waals surface area contributed by atoms with Crippen LogP contribution < -0.4 is 0 Å². The van der Waals surface area contributed by atoms with E-state index in [4.69, 9.17) is 4.74 Å². The SMILES string of the molecule is CCCC(=O)O[C@H]1C[C@H]2C[C@@H]1C[C@@H]2c1ccccc1. The first kappa shape index (κ1) is 12.7. The van der Waals surface area contributed by atoms with E-state index in [1.807, 2.05) is 6.92 Å². The number of hydrogen-bond acceptors (Lipinski definition) is 2. The quantitative estimate of drug-likeness (QED) is 0.765. The number of hydrogen-bond donors (Lipinski definition) is 0. The van der Waals surface area contributed by atoms with Crippen molar-refractivity contribution in [3.05, 3.63) is 35.9 Å². The van der Waals surface area contributed by atoms with Crippen LogP contribution in [-0.4, -0.2) is 12.1 Å². The monoisotopic (exact) mass is 258 g/mol. The van der Waals surface area contributed by atoms with E-state index in [0.29, 0.717) is 24.2 Å². The summed E-state index contributed by atoms with van der Waals surface area (Å²) in [5.74, 6) is 1.99. The molecule has 0 unspecified atom stereocenters. The molecule has 0 radical (unpaired) electrons. The summed E-state index contributed by atoms with van der Waals surface area (Å²) < 4.78 is 5.63. The number of esters is 1. The van der Waals surface area contributed by atoms with Gasteiger partial charge in [-0.1, -0.05) is 37.3 Å². The molecule has 1 aromatic rings. The van der Waals surface area contributed by atoms with E-state index in [1.54, 1.807) is 0 Å². The van der Waals surface area contributed by atoms with E-state index < -0.39 is 0 Å². The van der Waals surface area contributed by atoms with Crippen molar-refractivity contribution in [2.24, 2.45) is 11.8 Å². The van der Waals surface area contributed by atoms with Crippen LogP contribution in [0.15, 0.2) is 30.3 Å². The molecule has 0 aliphatic heterocycles. The average molecular weight is 258 g/mol. The summed E-state index contributed by atoms with van der Waals surface area (Å²) in [4.78, 5) is 11.6. The van der Waals surface area contributed by atoms with Crippen molar-refractivity contribution < 1.29 is 9.53 Å². The van der Waals surface area contributed by atoms with Crippen molar-refractivity contribution in [3.8, 4) is 0 Å². The van der Waals surface area contributed by atoms with Gasteiger partial charge in [0.05, 0.1) is 0 Å². The maximum atomic E-state index is 11.6. The predicted octanol–water partition coefficient (Wildman–Crippen LogP) is 3.91. The third kappa shape index (κ3) is 2.54. The molecule has 2 saturated carbocycles. The lowest BCUT2D eigenvalue weighted by molar-refractivity contribution is -0.151. The molecule has 2 heteroatoms. The van der Waals surface area contributed by atoms with E-state index in [2.05, 4.69) is 30.3 Å². The van der Waals surface area contributed by atoms with Crippen LogP contribution in [0.1, 0.15) is 50.5 Å². The van der Waals surface area contributed by atoms with Crippen molar-refractivity contribution >= 4 is 5.97 Å². The topological polar surface area (TPSA) is 26.3 Å². The van der Waals surface area contributed by atoms with Crippen LogP contribution in [0.3, 0.4) is 0 Å². The normalized spacial score (nSPS) is 32.5. The van der Waals surface area contributed by atoms with Gasteiger partial charge in [-0.3, -0.25) is 4.79 Å². The zero-order valence-corrected chi connectivity index (χ0v) is 11.5. The van der Waals surface area contributed by atoms with Crippen molar-refractivity contribution in [1.29, 1.82) is 0 Å². The molecule has 2 nitrogen and oxygen atoms in total. The summed E-state index contributed by atoms with van der Waals surface area (Å²) in [5, 5.41) is 0. The zero-order valence-electron chi connectivity index (χ0n) is 11.5. The van der Waals surface area contributed by atoms with Crippen LogP contribution in [0.4, 0.5) is 0 Å². The Hall–Kier alpha value is -1.31. The number of rotatable bonds is 4. The number of ether oxygens (including phenoxy) is 1. The molecule has 2 aliphatic carbocycles. The van der Waals surface area contributed by atoms with Crippen molar-refractivity contribution in [1.82, 2.24) is 0 Å². The van der Waals surface area contributed by atoms with Crippen LogP contribution >= 0.6 is 0 Å². The van der Waals surface area contributed by atoms with E-state index in [9.17, 15) is 4.79 Å². The van der Waals surface area contributed by atoms with Gasteiger partial charge in [0.1, 0.15) is 6.10 Å². The van der Waals surface area contributed by atoms with Gasteiger partial charge in [-0.15, -0.1) is 0 Å². The third-order valence-electron chi connectivity index (χ3n) is 4.76. The van der Waals surface area contributed by atoms with Gasteiger partial charge in [-0.25, -0.2) is 0 Å². The fourth-order valence-electron chi connectivity index (χ4n) is 3.91. The molecule has 2 bridgehead atoms. The number of fused-ring (bicyclic) bond motifs is 2. The molecule has 0 N–H and O–H groups in total. The van der Waals surface area contributed by atoms with Crippen molar-refractivity contribution in [2.45, 2.75) is 51.0 Å². The number of carbonyl (C=O) groups excluding carboxylic acids is 1. The molecule has 102 valence electrons. The van der Waals surface area contributed by atoms with E-state index in [-0.39, 0.29) is 12.1 Å². The van der Waals surface area contributed by atoms with Gasteiger partial charge in [-0.2, -0.15) is 0 Å². The highest BCUT2D eigenvalue weighted by molar-refractivity contribution is 5.69. The molecular weight excluding hydrogens is 236 g/mol. The highest BCUT2D eigenvalue weighted by Crippen LogP contribution is 2.53. The highest BCUT2D eigenvalue weighted by Gasteiger charge is 2.47. The fourth-order valence-corrected chi connectivity index (χ4v) is 3.91. The van der Waals surface area contributed by atoms with Crippen LogP contribution in [0.5, 0.6) is 0 Å². The standard InChI is InChI=1S/C17H22O2/c1-2-6-17(18)19-16-11-13-9-14(16)10-15(13)12-7-4-3-5-8-12/h3-5,7-8,13-16H,2,6,9-11H2,1H3/t13-,14-,15-,16+/m1/s1. The Morgan fingerprint density at radius 1 is 1.16 bits per heavy atom. The number of benzene rings is 1. The molecule has 2 fully saturated rings. The molecule has 0 amide bonds.